The molecule has 0 N–H and O–H groups in total. The van der Waals surface area contributed by atoms with E-state index < -0.39 is 0 Å². The van der Waals surface area contributed by atoms with Gasteiger partial charge in [0, 0.05) is 31.3 Å². The quantitative estimate of drug-likeness (QED) is 0.734. The molecule has 0 bridgehead atoms. The zero-order valence-corrected chi connectivity index (χ0v) is 17.4. The molecule has 1 aromatic carbocycles. The van der Waals surface area contributed by atoms with Gasteiger partial charge in [-0.15, -0.1) is 0 Å². The van der Waals surface area contributed by atoms with Crippen LogP contribution in [0.2, 0.25) is 0 Å². The van der Waals surface area contributed by atoms with E-state index in [9.17, 15) is 9.59 Å². The van der Waals surface area contributed by atoms with E-state index in [0.29, 0.717) is 19.6 Å². The molecule has 1 aromatic heterocycles. The zero-order chi connectivity index (χ0) is 21.1. The fourth-order valence-corrected chi connectivity index (χ4v) is 4.47. The summed E-state index contributed by atoms with van der Waals surface area (Å²) in [5.74, 6) is 1.22. The second-order valence-electron chi connectivity index (χ2n) is 7.79. The Labute approximate surface area is 176 Å². The number of benzene rings is 1. The fourth-order valence-electron chi connectivity index (χ4n) is 4.47. The smallest absolute Gasteiger partial charge is 0.228 e. The number of nitrogens with zero attached hydrogens (tertiary/aromatic N) is 3. The molecule has 0 saturated carbocycles. The number of carbonyl (C=O) groups is 2. The van der Waals surface area contributed by atoms with Gasteiger partial charge in [0.2, 0.25) is 11.8 Å². The van der Waals surface area contributed by atoms with Gasteiger partial charge in [0.15, 0.2) is 0 Å². The van der Waals surface area contributed by atoms with Crippen molar-refractivity contribution in [3.05, 3.63) is 53.9 Å². The molecule has 2 fully saturated rings. The molecule has 0 spiro atoms. The van der Waals surface area contributed by atoms with Crippen molar-refractivity contribution in [1.82, 2.24) is 14.8 Å². The van der Waals surface area contributed by atoms with Crippen LogP contribution in [-0.2, 0) is 16.1 Å². The number of rotatable bonds is 6. The first-order chi connectivity index (χ1) is 14.6. The summed E-state index contributed by atoms with van der Waals surface area (Å²) < 4.78 is 10.9. The largest absolute Gasteiger partial charge is 0.497 e. The lowest BCUT2D eigenvalue weighted by Crippen LogP contribution is -2.37. The average Bonchev–Trinajstić information content (AvgIpc) is 3.40. The van der Waals surface area contributed by atoms with Crippen molar-refractivity contribution in [1.29, 1.82) is 0 Å². The van der Waals surface area contributed by atoms with E-state index in [1.54, 1.807) is 25.3 Å². The second kappa shape index (κ2) is 8.73. The molecular weight excluding hydrogens is 382 g/mol. The molecule has 2 saturated heterocycles. The Morgan fingerprint density at radius 3 is 2.80 bits per heavy atom. The van der Waals surface area contributed by atoms with Gasteiger partial charge in [-0.25, -0.2) is 0 Å². The van der Waals surface area contributed by atoms with Crippen molar-refractivity contribution in [3.8, 4) is 11.5 Å². The van der Waals surface area contributed by atoms with Crippen molar-refractivity contribution < 1.29 is 19.1 Å². The number of hydrogen-bond donors (Lipinski definition) is 0. The summed E-state index contributed by atoms with van der Waals surface area (Å²) in [7, 11) is 3.26. The summed E-state index contributed by atoms with van der Waals surface area (Å²) >= 11 is 0. The van der Waals surface area contributed by atoms with E-state index in [0.717, 1.165) is 35.6 Å². The number of methoxy groups -OCH3 is 2. The molecule has 2 aromatic rings. The van der Waals surface area contributed by atoms with Crippen LogP contribution in [0.25, 0.3) is 0 Å². The molecule has 2 atom stereocenters. The number of aromatic nitrogens is 1. The van der Waals surface area contributed by atoms with Gasteiger partial charge in [0.25, 0.3) is 0 Å². The number of likely N-dealkylation sites (tertiary alicyclic amines) is 2. The predicted octanol–water partition coefficient (Wildman–Crippen LogP) is 2.81. The highest BCUT2D eigenvalue weighted by atomic mass is 16.5. The highest BCUT2D eigenvalue weighted by molar-refractivity contribution is 5.89. The molecule has 2 aliphatic rings. The highest BCUT2D eigenvalue weighted by Crippen LogP contribution is 2.40. The first-order valence-electron chi connectivity index (χ1n) is 10.3. The van der Waals surface area contributed by atoms with Gasteiger partial charge in [0.05, 0.1) is 38.4 Å². The molecule has 7 nitrogen and oxygen atoms in total. The van der Waals surface area contributed by atoms with Crippen molar-refractivity contribution in [2.75, 3.05) is 27.3 Å². The van der Waals surface area contributed by atoms with Gasteiger partial charge >= 0.3 is 0 Å². The van der Waals surface area contributed by atoms with E-state index in [-0.39, 0.29) is 30.2 Å². The van der Waals surface area contributed by atoms with Crippen LogP contribution in [0.15, 0.2) is 42.6 Å². The van der Waals surface area contributed by atoms with Crippen molar-refractivity contribution >= 4 is 11.8 Å². The van der Waals surface area contributed by atoms with Crippen molar-refractivity contribution in [3.63, 3.8) is 0 Å². The Morgan fingerprint density at radius 2 is 2.07 bits per heavy atom. The van der Waals surface area contributed by atoms with Gasteiger partial charge in [0.1, 0.15) is 11.5 Å². The summed E-state index contributed by atoms with van der Waals surface area (Å²) in [6, 6.07) is 11.3. The molecule has 4 rings (SSSR count). The number of carbonyl (C=O) groups excluding carboxylic acids is 2. The van der Waals surface area contributed by atoms with Crippen molar-refractivity contribution in [2.45, 2.75) is 31.8 Å². The maximum Gasteiger partial charge on any atom is 0.228 e. The summed E-state index contributed by atoms with van der Waals surface area (Å²) in [5, 5.41) is 0. The van der Waals surface area contributed by atoms with Gasteiger partial charge < -0.3 is 19.3 Å². The molecule has 0 aliphatic carbocycles. The van der Waals surface area contributed by atoms with E-state index in [1.807, 2.05) is 41.3 Å². The third-order valence-electron chi connectivity index (χ3n) is 5.97. The molecule has 30 heavy (non-hydrogen) atoms. The van der Waals surface area contributed by atoms with Crippen LogP contribution >= 0.6 is 0 Å². The van der Waals surface area contributed by atoms with Gasteiger partial charge in [-0.2, -0.15) is 0 Å². The topological polar surface area (TPSA) is 72.0 Å². The monoisotopic (exact) mass is 409 g/mol. The van der Waals surface area contributed by atoms with Crippen LogP contribution in [-0.4, -0.2) is 53.9 Å². The standard InChI is InChI=1S/C23H27N3O4/c1-29-18-8-9-21(30-2)19(13-18)20-7-5-11-26(20)23(28)16-12-22(27)25(14-16)15-17-6-3-4-10-24-17/h3-4,6,8-10,13,16,20H,5,7,11-12,14-15H2,1-2H3/t16-,20-/m1/s1. The summed E-state index contributed by atoms with van der Waals surface area (Å²) in [5.41, 5.74) is 1.79. The van der Waals surface area contributed by atoms with Crippen LogP contribution in [0.1, 0.15) is 36.6 Å². The number of hydrogen-bond acceptors (Lipinski definition) is 5. The molecule has 158 valence electrons. The van der Waals surface area contributed by atoms with Crippen LogP contribution in [0.3, 0.4) is 0 Å². The van der Waals surface area contributed by atoms with E-state index in [1.165, 1.54) is 0 Å². The maximum absolute atomic E-state index is 13.4. The van der Waals surface area contributed by atoms with Crippen LogP contribution in [0.5, 0.6) is 11.5 Å². The predicted molar refractivity (Wildman–Crippen MR) is 111 cm³/mol. The Balaban J connectivity index is 1.50. The minimum atomic E-state index is -0.321. The van der Waals surface area contributed by atoms with Gasteiger partial charge in [-0.3, -0.25) is 14.6 Å². The molecule has 2 aliphatic heterocycles. The molecule has 7 heteroatoms. The lowest BCUT2D eigenvalue weighted by molar-refractivity contribution is -0.136. The van der Waals surface area contributed by atoms with Crippen LogP contribution < -0.4 is 9.47 Å². The Morgan fingerprint density at radius 1 is 1.20 bits per heavy atom. The van der Waals surface area contributed by atoms with Gasteiger partial charge in [-0.05, 0) is 43.2 Å². The average molecular weight is 409 g/mol. The molecule has 0 unspecified atom stereocenters. The normalized spacial score (nSPS) is 21.2. The van der Waals surface area contributed by atoms with Gasteiger partial charge in [-0.1, -0.05) is 6.07 Å². The summed E-state index contributed by atoms with van der Waals surface area (Å²) in [6.07, 6.45) is 3.77. The first kappa shape index (κ1) is 20.2. The fraction of sp³-hybridized carbons (Fsp3) is 0.435. The Hall–Kier alpha value is -3.09. The molecule has 3 heterocycles. The first-order valence-corrected chi connectivity index (χ1v) is 10.3. The lowest BCUT2D eigenvalue weighted by atomic mass is 10.0. The number of ether oxygens (including phenoxy) is 2. The Bertz CT molecular complexity index is 918. The summed E-state index contributed by atoms with van der Waals surface area (Å²) in [6.45, 7) is 1.57. The van der Waals surface area contributed by atoms with E-state index >= 15 is 0 Å². The lowest BCUT2D eigenvalue weighted by Gasteiger charge is -2.29. The third-order valence-corrected chi connectivity index (χ3v) is 5.97. The van der Waals surface area contributed by atoms with Crippen molar-refractivity contribution in [2.24, 2.45) is 5.92 Å². The zero-order valence-electron chi connectivity index (χ0n) is 17.4. The molecule has 2 amide bonds. The number of amides is 2. The van der Waals surface area contributed by atoms with Crippen LogP contribution in [0.4, 0.5) is 0 Å². The minimum Gasteiger partial charge on any atom is -0.497 e. The molecule has 0 radical (unpaired) electrons. The second-order valence-corrected chi connectivity index (χ2v) is 7.79. The van der Waals surface area contributed by atoms with Crippen LogP contribution in [0, 0.1) is 5.92 Å². The Kier molecular flexibility index (Phi) is 5.88. The molecular formula is C23H27N3O4. The highest BCUT2D eigenvalue weighted by Gasteiger charge is 2.40. The third kappa shape index (κ3) is 3.97. The summed E-state index contributed by atoms with van der Waals surface area (Å²) in [4.78, 5) is 33.9. The number of pyridine rings is 1. The van der Waals surface area contributed by atoms with E-state index in [4.69, 9.17) is 9.47 Å². The minimum absolute atomic E-state index is 0.00807. The van der Waals surface area contributed by atoms with E-state index in [2.05, 4.69) is 4.98 Å². The SMILES string of the molecule is COc1ccc(OC)c([C@H]2CCCN2C(=O)[C@@H]2CC(=O)N(Cc3ccccn3)C2)c1. The maximum atomic E-state index is 13.4.